The second-order valence-corrected chi connectivity index (χ2v) is 11.9. The number of nitrogen functional groups attached to an aromatic ring is 1. The van der Waals surface area contributed by atoms with E-state index in [0.717, 1.165) is 25.9 Å². The molecular weight excluding hydrogens is 559 g/mol. The minimum atomic E-state index is -1.20. The smallest absolute Gasteiger partial charge is 0.352 e. The van der Waals surface area contributed by atoms with Gasteiger partial charge in [0, 0.05) is 22.8 Å². The van der Waals surface area contributed by atoms with Crippen molar-refractivity contribution in [2.24, 2.45) is 5.16 Å². The number of hydrogen-bond donors (Lipinski definition) is 3. The Kier molecular flexibility index (Phi) is 7.06. The molecule has 0 aliphatic carbocycles. The zero-order chi connectivity index (χ0) is 26.3. The molecule has 0 bridgehead atoms. The van der Waals surface area contributed by atoms with Gasteiger partial charge in [0.05, 0.1) is 4.70 Å². The van der Waals surface area contributed by atoms with Crippen LogP contribution in [0.4, 0.5) is 5.13 Å². The third-order valence-electron chi connectivity index (χ3n) is 5.61. The number of nitrogens with two attached hydrogens (primary N) is 1. The summed E-state index contributed by atoms with van der Waals surface area (Å²) in [6.07, 6.45) is 5.71. The van der Waals surface area contributed by atoms with Crippen molar-refractivity contribution in [3.05, 3.63) is 40.8 Å². The van der Waals surface area contributed by atoms with E-state index in [4.69, 9.17) is 10.6 Å². The van der Waals surface area contributed by atoms with E-state index in [0.29, 0.717) is 17.9 Å². The van der Waals surface area contributed by atoms with Gasteiger partial charge in [0.15, 0.2) is 34.1 Å². The van der Waals surface area contributed by atoms with Gasteiger partial charge in [-0.25, -0.2) is 14.8 Å². The van der Waals surface area contributed by atoms with Gasteiger partial charge in [-0.05, 0) is 6.26 Å². The summed E-state index contributed by atoms with van der Waals surface area (Å²) in [5, 5.41) is 17.6. The Morgan fingerprint density at radius 3 is 2.92 bits per heavy atom. The summed E-state index contributed by atoms with van der Waals surface area (Å²) in [7, 11) is 1.29. The molecule has 0 saturated carbocycles. The van der Waals surface area contributed by atoms with Gasteiger partial charge in [-0.2, -0.15) is 4.57 Å². The Bertz CT molecular complexity index is 1480. The van der Waals surface area contributed by atoms with Gasteiger partial charge < -0.3 is 21.0 Å². The number of amides is 2. The summed E-state index contributed by atoms with van der Waals surface area (Å²) >= 11 is 5.68. The second kappa shape index (κ2) is 10.3. The summed E-state index contributed by atoms with van der Waals surface area (Å²) in [6.45, 7) is 0.292. The standard InChI is InChI=1S/C21H19N7O5S4/c1-33-26-13(11-8-36-20(22)23-11)16(29)25-14-17(30)28-15(19(31)32)9(7-35-18(14)28)5-27-4-3-12-10(6-27)24-21(34-2)37-12/h3-4,6,8,14,18H,5,7H2,1-2H3,(H3-,22,23,25,29,31,32)/p+1/b26-13-/t14?,18-/m0/s1. The van der Waals surface area contributed by atoms with E-state index in [1.807, 2.05) is 29.3 Å². The third-order valence-corrected chi connectivity index (χ3v) is 9.65. The number of aliphatic carboxylic acids is 1. The predicted molar refractivity (Wildman–Crippen MR) is 141 cm³/mol. The molecule has 2 aliphatic rings. The number of nitrogens with one attached hydrogen (secondary N) is 1. The highest BCUT2D eigenvalue weighted by Crippen LogP contribution is 2.40. The number of anilines is 1. The maximum atomic E-state index is 13.1. The molecule has 5 heterocycles. The largest absolute Gasteiger partial charge is 0.477 e. The Morgan fingerprint density at radius 2 is 2.24 bits per heavy atom. The first-order valence-electron chi connectivity index (χ1n) is 10.7. The first-order valence-corrected chi connectivity index (χ1v) is 14.6. The van der Waals surface area contributed by atoms with Crippen LogP contribution in [0.5, 0.6) is 0 Å². The van der Waals surface area contributed by atoms with Gasteiger partial charge >= 0.3 is 5.97 Å². The van der Waals surface area contributed by atoms with Crippen LogP contribution in [-0.2, 0) is 25.8 Å². The first-order chi connectivity index (χ1) is 17.8. The molecule has 0 spiro atoms. The van der Waals surface area contributed by atoms with Crippen LogP contribution in [0.25, 0.3) is 10.2 Å². The lowest BCUT2D eigenvalue weighted by Gasteiger charge is -2.49. The van der Waals surface area contributed by atoms with Crippen LogP contribution in [-0.4, -0.2) is 74.0 Å². The molecule has 16 heteroatoms. The van der Waals surface area contributed by atoms with E-state index in [1.54, 1.807) is 28.5 Å². The van der Waals surface area contributed by atoms with Crippen LogP contribution in [0, 0.1) is 0 Å². The average Bonchev–Trinajstić information content (AvgIpc) is 3.50. The predicted octanol–water partition coefficient (Wildman–Crippen LogP) is 1.13. The quantitative estimate of drug-likeness (QED) is 0.116. The van der Waals surface area contributed by atoms with E-state index in [-0.39, 0.29) is 22.2 Å². The number of β-lactam (4-membered cyclic amide) rings is 1. The molecule has 3 aromatic heterocycles. The molecule has 192 valence electrons. The summed E-state index contributed by atoms with van der Waals surface area (Å²) in [5.41, 5.74) is 7.10. The van der Waals surface area contributed by atoms with Gasteiger partial charge in [-0.15, -0.1) is 34.4 Å². The molecule has 2 atom stereocenters. The molecule has 1 unspecified atom stereocenters. The van der Waals surface area contributed by atoms with Gasteiger partial charge in [0.2, 0.25) is 0 Å². The number of rotatable bonds is 8. The number of oxime groups is 1. The lowest BCUT2D eigenvalue weighted by Crippen LogP contribution is -2.71. The molecule has 37 heavy (non-hydrogen) atoms. The number of carboxylic acid groups (broad SMARTS) is 1. The number of carboxylic acids is 1. The van der Waals surface area contributed by atoms with Gasteiger partial charge in [-0.3, -0.25) is 14.5 Å². The molecule has 4 N–H and O–H groups in total. The Labute approximate surface area is 226 Å². The van der Waals surface area contributed by atoms with Gasteiger partial charge in [-0.1, -0.05) is 16.9 Å². The van der Waals surface area contributed by atoms with Crippen molar-refractivity contribution in [1.29, 1.82) is 0 Å². The fourth-order valence-electron chi connectivity index (χ4n) is 4.01. The molecule has 2 amide bonds. The Balaban J connectivity index is 1.35. The fourth-order valence-corrected chi connectivity index (χ4v) is 7.35. The van der Waals surface area contributed by atoms with Crippen LogP contribution < -0.4 is 15.6 Å². The first kappa shape index (κ1) is 25.4. The van der Waals surface area contributed by atoms with Crippen molar-refractivity contribution in [2.75, 3.05) is 24.9 Å². The van der Waals surface area contributed by atoms with Crippen molar-refractivity contribution < 1.29 is 28.9 Å². The summed E-state index contributed by atoms with van der Waals surface area (Å²) < 4.78 is 3.85. The molecular formula is C21H20N7O5S4+. The van der Waals surface area contributed by atoms with Crippen LogP contribution in [0.1, 0.15) is 5.69 Å². The van der Waals surface area contributed by atoms with Crippen LogP contribution in [0.15, 0.2) is 44.6 Å². The van der Waals surface area contributed by atoms with E-state index >= 15 is 0 Å². The number of aromatic nitrogens is 3. The molecule has 1 fully saturated rings. The summed E-state index contributed by atoms with van der Waals surface area (Å²) in [6, 6.07) is 1.03. The second-order valence-electron chi connectivity index (χ2n) is 7.86. The lowest BCUT2D eigenvalue weighted by molar-refractivity contribution is -0.687. The average molecular weight is 579 g/mol. The van der Waals surface area contributed by atoms with Crippen LogP contribution in [0.2, 0.25) is 0 Å². The highest BCUT2D eigenvalue weighted by Gasteiger charge is 2.54. The van der Waals surface area contributed by atoms with Gasteiger partial charge in [0.1, 0.15) is 35.4 Å². The fraction of sp³-hybridized carbons (Fsp3) is 0.286. The monoisotopic (exact) mass is 578 g/mol. The third kappa shape index (κ3) is 4.76. The minimum absolute atomic E-state index is 0.0621. The molecule has 0 radical (unpaired) electrons. The number of carbonyl (C=O) groups excluding carboxylic acids is 2. The molecule has 0 aromatic carbocycles. The topological polar surface area (TPSA) is 164 Å². The summed E-state index contributed by atoms with van der Waals surface area (Å²) in [5.74, 6) is -2.01. The molecule has 5 rings (SSSR count). The van der Waals surface area contributed by atoms with Crippen molar-refractivity contribution in [3.63, 3.8) is 0 Å². The Hall–Kier alpha value is -3.21. The number of thioether (sulfide) groups is 2. The number of pyridine rings is 1. The molecule has 1 saturated heterocycles. The SMILES string of the molecule is CO/N=C(\C(=O)NC1C(=O)N2C(C(=O)O)=C(C[n+]3ccc4sc(SC)nc4c3)CS[C@@H]12)c1csc(N)n1. The lowest BCUT2D eigenvalue weighted by atomic mass is 10.0. The van der Waals surface area contributed by atoms with E-state index in [9.17, 15) is 19.5 Å². The number of nitrogens with zero attached hydrogens (tertiary/aromatic N) is 5. The zero-order valence-corrected chi connectivity index (χ0v) is 22.7. The zero-order valence-electron chi connectivity index (χ0n) is 19.4. The van der Waals surface area contributed by atoms with E-state index < -0.39 is 29.2 Å². The van der Waals surface area contributed by atoms with E-state index in [2.05, 4.69) is 20.4 Å². The number of hydrogen-bond acceptors (Lipinski definition) is 12. The number of fused-ring (bicyclic) bond motifs is 2. The normalized spacial score (nSPS) is 19.6. The highest BCUT2D eigenvalue weighted by molar-refractivity contribution is 8.00. The molecule has 3 aromatic rings. The van der Waals surface area contributed by atoms with Gasteiger partial charge in [0.25, 0.3) is 11.8 Å². The number of thiazole rings is 2. The van der Waals surface area contributed by atoms with Crippen LogP contribution in [0.3, 0.4) is 0 Å². The van der Waals surface area contributed by atoms with Crippen LogP contribution >= 0.6 is 46.2 Å². The van der Waals surface area contributed by atoms with Crippen molar-refractivity contribution >= 4 is 85.0 Å². The molecule has 2 aliphatic heterocycles. The highest BCUT2D eigenvalue weighted by atomic mass is 32.2. The minimum Gasteiger partial charge on any atom is -0.477 e. The Morgan fingerprint density at radius 1 is 1.43 bits per heavy atom. The molecule has 12 nitrogen and oxygen atoms in total. The maximum Gasteiger partial charge on any atom is 0.352 e. The summed E-state index contributed by atoms with van der Waals surface area (Å²) in [4.78, 5) is 52.8. The van der Waals surface area contributed by atoms with Crippen molar-refractivity contribution in [3.8, 4) is 0 Å². The van der Waals surface area contributed by atoms with Crippen molar-refractivity contribution in [1.82, 2.24) is 20.2 Å². The van der Waals surface area contributed by atoms with E-state index in [1.165, 1.54) is 23.8 Å². The maximum absolute atomic E-state index is 13.1. The number of carbonyl (C=O) groups is 3. The van der Waals surface area contributed by atoms with Crippen molar-refractivity contribution in [2.45, 2.75) is 22.3 Å².